The predicted molar refractivity (Wildman–Crippen MR) is 123 cm³/mol. The highest BCUT2D eigenvalue weighted by atomic mass is 16.7. The van der Waals surface area contributed by atoms with Crippen LogP contribution in [0.2, 0.25) is 0 Å². The number of aliphatic hydroxyl groups excluding tert-OH is 1. The molecular weight excluding hydrogens is 484 g/mol. The van der Waals surface area contributed by atoms with Crippen LogP contribution >= 0.6 is 0 Å². The van der Waals surface area contributed by atoms with Crippen LogP contribution < -0.4 is 0 Å². The first-order chi connectivity index (χ1) is 17.2. The van der Waals surface area contributed by atoms with E-state index in [1.165, 1.54) is 13.2 Å². The first kappa shape index (κ1) is 25.0. The smallest absolute Gasteiger partial charge is 0.340 e. The van der Waals surface area contributed by atoms with Gasteiger partial charge in [-0.25, -0.2) is 9.59 Å². The lowest BCUT2D eigenvalue weighted by atomic mass is 9.37. The van der Waals surface area contributed by atoms with Gasteiger partial charge < -0.3 is 28.8 Å². The molecule has 2 aliphatic carbocycles. The highest BCUT2D eigenvalue weighted by Crippen LogP contribution is 2.78. The molecule has 10 heteroatoms. The first-order valence-corrected chi connectivity index (χ1v) is 13.0. The average Bonchev–Trinajstić information content (AvgIpc) is 3.47. The van der Waals surface area contributed by atoms with Crippen molar-refractivity contribution in [3.05, 3.63) is 11.6 Å². The minimum atomic E-state index is -1.42. The van der Waals surface area contributed by atoms with E-state index in [1.54, 1.807) is 0 Å². The fourth-order valence-corrected chi connectivity index (χ4v) is 9.34. The average molecular weight is 519 g/mol. The van der Waals surface area contributed by atoms with Crippen molar-refractivity contribution in [3.8, 4) is 0 Å². The summed E-state index contributed by atoms with van der Waals surface area (Å²) in [6, 6.07) is 0. The molecule has 2 saturated carbocycles. The lowest BCUT2D eigenvalue weighted by Crippen LogP contribution is -2.72. The number of hydrogen-bond acceptors (Lipinski definition) is 10. The van der Waals surface area contributed by atoms with Gasteiger partial charge in [0.25, 0.3) is 0 Å². The molecule has 0 aromatic heterocycles. The third-order valence-electron chi connectivity index (χ3n) is 11.0. The van der Waals surface area contributed by atoms with Crippen LogP contribution in [0.1, 0.15) is 60.3 Å². The van der Waals surface area contributed by atoms with E-state index in [0.29, 0.717) is 12.8 Å². The van der Waals surface area contributed by atoms with Crippen molar-refractivity contribution < 1.29 is 48.0 Å². The number of carbonyl (C=O) groups is 4. The summed E-state index contributed by atoms with van der Waals surface area (Å²) in [7, 11) is 1.35. The van der Waals surface area contributed by atoms with Gasteiger partial charge in [-0.05, 0) is 45.6 Å². The molecule has 0 aromatic carbocycles. The lowest BCUT2D eigenvalue weighted by Gasteiger charge is -2.64. The molecule has 6 rings (SSSR count). The van der Waals surface area contributed by atoms with Crippen molar-refractivity contribution in [2.75, 3.05) is 7.11 Å². The number of hydrogen-bond donors (Lipinski definition) is 1. The van der Waals surface area contributed by atoms with Gasteiger partial charge in [-0.1, -0.05) is 13.8 Å². The zero-order valence-electron chi connectivity index (χ0n) is 22.0. The Balaban J connectivity index is 1.48. The molecule has 1 spiro atoms. The number of ketones is 1. The second kappa shape index (κ2) is 7.21. The number of aliphatic hydroxyl groups is 1. The molecule has 0 aromatic rings. The summed E-state index contributed by atoms with van der Waals surface area (Å²) >= 11 is 0. The molecule has 37 heavy (non-hydrogen) atoms. The molecule has 0 bridgehead atoms. The Bertz CT molecular complexity index is 1160. The largest absolute Gasteiger partial charge is 0.469 e. The quantitative estimate of drug-likeness (QED) is 0.333. The number of esters is 3. The van der Waals surface area contributed by atoms with Gasteiger partial charge in [-0.15, -0.1) is 0 Å². The standard InChI is InChI=1S/C27H34O10/c1-23(2)14-10-15(28)26(5)13(25(14,4)16(36-23)11-17(29)33-6)7-8-24(3)19(12-9-18(30)34-21(12)31)35-22(32)20-27(24,26)37-20/h9,13-14,16,18-20,30H,7-8,10-11H2,1-6H3/t13-,14+,16+,18?,19+,20-,24+,25-,26+,27-/m1/s1. The summed E-state index contributed by atoms with van der Waals surface area (Å²) < 4.78 is 28.4. The summed E-state index contributed by atoms with van der Waals surface area (Å²) in [5, 5.41) is 9.91. The fourth-order valence-electron chi connectivity index (χ4n) is 9.34. The van der Waals surface area contributed by atoms with Crippen molar-refractivity contribution in [3.63, 3.8) is 0 Å². The van der Waals surface area contributed by atoms with Gasteiger partial charge >= 0.3 is 17.9 Å². The van der Waals surface area contributed by atoms with Gasteiger partial charge in [0.15, 0.2) is 6.10 Å². The number of cyclic esters (lactones) is 2. The molecule has 4 aliphatic heterocycles. The van der Waals surface area contributed by atoms with Gasteiger partial charge in [0.1, 0.15) is 17.5 Å². The molecule has 202 valence electrons. The van der Waals surface area contributed by atoms with E-state index in [1.807, 2.05) is 27.7 Å². The van der Waals surface area contributed by atoms with Crippen LogP contribution in [0.3, 0.4) is 0 Å². The molecule has 5 fully saturated rings. The number of rotatable bonds is 3. The molecule has 4 heterocycles. The van der Waals surface area contributed by atoms with Crippen LogP contribution in [-0.4, -0.2) is 71.7 Å². The Labute approximate surface area is 215 Å². The summed E-state index contributed by atoms with van der Waals surface area (Å²) in [5.41, 5.74) is -4.38. The van der Waals surface area contributed by atoms with Crippen molar-refractivity contribution >= 4 is 23.7 Å². The van der Waals surface area contributed by atoms with Gasteiger partial charge in [-0.3, -0.25) is 9.59 Å². The Morgan fingerprint density at radius 1 is 1.05 bits per heavy atom. The Kier molecular flexibility index (Phi) is 4.87. The lowest BCUT2D eigenvalue weighted by molar-refractivity contribution is -0.205. The number of Topliss-reactive ketones (excluding diaryl/α,β-unsaturated/α-hetero) is 1. The number of ether oxygens (including phenoxy) is 5. The molecule has 3 saturated heterocycles. The maximum Gasteiger partial charge on any atom is 0.340 e. The Hall–Kier alpha value is -2.30. The fraction of sp³-hybridized carbons (Fsp3) is 0.778. The van der Waals surface area contributed by atoms with Gasteiger partial charge in [-0.2, -0.15) is 0 Å². The third kappa shape index (κ3) is 2.71. The number of carbonyl (C=O) groups excluding carboxylic acids is 4. The first-order valence-electron chi connectivity index (χ1n) is 13.0. The highest BCUT2D eigenvalue weighted by Gasteiger charge is 2.89. The van der Waals surface area contributed by atoms with E-state index in [-0.39, 0.29) is 42.0 Å². The molecule has 6 aliphatic rings. The molecule has 0 amide bonds. The second-order valence-electron chi connectivity index (χ2n) is 12.7. The molecule has 10 atom stereocenters. The third-order valence-corrected chi connectivity index (χ3v) is 11.0. The van der Waals surface area contributed by atoms with Crippen molar-refractivity contribution in [1.29, 1.82) is 0 Å². The number of epoxide rings is 1. The summed E-state index contributed by atoms with van der Waals surface area (Å²) in [6.45, 7) is 9.79. The predicted octanol–water partition coefficient (Wildman–Crippen LogP) is 1.61. The van der Waals surface area contributed by atoms with E-state index >= 15 is 0 Å². The zero-order valence-corrected chi connectivity index (χ0v) is 22.0. The highest BCUT2D eigenvalue weighted by molar-refractivity contribution is 5.96. The molecule has 10 nitrogen and oxygen atoms in total. The van der Waals surface area contributed by atoms with Crippen LogP contribution in [-0.2, 0) is 42.9 Å². The minimum absolute atomic E-state index is 0.0137. The Morgan fingerprint density at radius 3 is 2.38 bits per heavy atom. The Morgan fingerprint density at radius 2 is 1.76 bits per heavy atom. The van der Waals surface area contributed by atoms with E-state index < -0.39 is 64.0 Å². The molecular formula is C27H34O10. The summed E-state index contributed by atoms with van der Waals surface area (Å²) in [5.74, 6) is -2.19. The normalized spacial score (nSPS) is 51.1. The van der Waals surface area contributed by atoms with Crippen LogP contribution in [0, 0.1) is 28.1 Å². The molecule has 1 unspecified atom stereocenters. The molecule has 0 radical (unpaired) electrons. The zero-order chi connectivity index (χ0) is 26.9. The van der Waals surface area contributed by atoms with E-state index in [2.05, 4.69) is 6.92 Å². The van der Waals surface area contributed by atoms with E-state index in [9.17, 15) is 24.3 Å². The summed E-state index contributed by atoms with van der Waals surface area (Å²) in [6.07, 6.45) is -1.28. The maximum atomic E-state index is 14.3. The van der Waals surface area contributed by atoms with E-state index in [0.717, 1.165) is 0 Å². The number of methoxy groups -OCH3 is 1. The van der Waals surface area contributed by atoms with Crippen LogP contribution in [0.5, 0.6) is 0 Å². The monoisotopic (exact) mass is 518 g/mol. The van der Waals surface area contributed by atoms with Crippen LogP contribution in [0.15, 0.2) is 11.6 Å². The molecule has 1 N–H and O–H groups in total. The summed E-state index contributed by atoms with van der Waals surface area (Å²) in [4.78, 5) is 52.4. The number of fused-ring (bicyclic) bond motifs is 3. The minimum Gasteiger partial charge on any atom is -0.469 e. The maximum absolute atomic E-state index is 14.3. The second-order valence-corrected chi connectivity index (χ2v) is 12.7. The van der Waals surface area contributed by atoms with Crippen LogP contribution in [0.4, 0.5) is 0 Å². The van der Waals surface area contributed by atoms with Crippen LogP contribution in [0.25, 0.3) is 0 Å². The van der Waals surface area contributed by atoms with Crippen molar-refractivity contribution in [2.45, 2.75) is 96.1 Å². The van der Waals surface area contributed by atoms with Gasteiger partial charge in [0.2, 0.25) is 6.29 Å². The van der Waals surface area contributed by atoms with Gasteiger partial charge in [0, 0.05) is 23.2 Å². The SMILES string of the molecule is COC(=O)C[C@@H]1OC(C)(C)[C@@H]2CC(=O)[C@]3(C)[C@H](CC[C@@]4(C)[C@H](C5=CC(O)OC5=O)OC(=O)[C@H]5O[C@]543)[C@@]12C. The van der Waals surface area contributed by atoms with Crippen molar-refractivity contribution in [2.24, 2.45) is 28.1 Å². The van der Waals surface area contributed by atoms with Crippen molar-refractivity contribution in [1.82, 2.24) is 0 Å². The topological polar surface area (TPSA) is 138 Å². The van der Waals surface area contributed by atoms with E-state index in [4.69, 9.17) is 23.7 Å². The van der Waals surface area contributed by atoms with Gasteiger partial charge in [0.05, 0.1) is 36.2 Å².